The van der Waals surface area contributed by atoms with Crippen LogP contribution in [0.4, 0.5) is 0 Å². The lowest BCUT2D eigenvalue weighted by Crippen LogP contribution is -2.45. The van der Waals surface area contributed by atoms with Gasteiger partial charge < -0.3 is 10.1 Å². The summed E-state index contributed by atoms with van der Waals surface area (Å²) in [5, 5.41) is 2.69. The Bertz CT molecular complexity index is 382. The maximum absolute atomic E-state index is 11.4. The maximum atomic E-state index is 11.4. The molecule has 0 aromatic carbocycles. The molecule has 17 heavy (non-hydrogen) atoms. The zero-order valence-corrected chi connectivity index (χ0v) is 10.9. The monoisotopic (exact) mass is 261 g/mol. The lowest BCUT2D eigenvalue weighted by Gasteiger charge is -2.36. The van der Waals surface area contributed by atoms with Crippen LogP contribution in [-0.2, 0) is 19.4 Å². The van der Waals surface area contributed by atoms with E-state index < -0.39 is 15.3 Å². The average Bonchev–Trinajstić information content (AvgIpc) is 2.25. The van der Waals surface area contributed by atoms with E-state index in [1.165, 1.54) is 12.3 Å². The molecule has 1 rings (SSSR count). The molecule has 98 valence electrons. The molecule has 0 aromatic rings. The van der Waals surface area contributed by atoms with Crippen molar-refractivity contribution in [2.75, 3.05) is 31.8 Å². The van der Waals surface area contributed by atoms with Gasteiger partial charge >= 0.3 is 0 Å². The predicted molar refractivity (Wildman–Crippen MR) is 65.4 cm³/mol. The van der Waals surface area contributed by atoms with Gasteiger partial charge in [0.05, 0.1) is 5.75 Å². The minimum absolute atomic E-state index is 0.0841. The molecular weight excluding hydrogens is 242 g/mol. The molecule has 0 atom stereocenters. The number of sulfone groups is 1. The van der Waals surface area contributed by atoms with Gasteiger partial charge in [0.1, 0.15) is 9.84 Å². The lowest BCUT2D eigenvalue weighted by molar-refractivity contribution is -0.117. The number of carbonyl (C=O) groups is 1. The van der Waals surface area contributed by atoms with Crippen molar-refractivity contribution >= 4 is 15.7 Å². The van der Waals surface area contributed by atoms with Crippen LogP contribution >= 0.6 is 0 Å². The van der Waals surface area contributed by atoms with Crippen molar-refractivity contribution in [1.82, 2.24) is 5.32 Å². The first-order valence-electron chi connectivity index (χ1n) is 5.53. The molecule has 1 heterocycles. The van der Waals surface area contributed by atoms with Crippen LogP contribution in [0.3, 0.4) is 0 Å². The molecule has 1 aliphatic heterocycles. The number of carbonyl (C=O) groups excluding carboxylic acids is 1. The molecule has 1 N–H and O–H groups in total. The summed E-state index contributed by atoms with van der Waals surface area (Å²) in [4.78, 5) is 11.2. The second-order valence-corrected chi connectivity index (χ2v) is 6.74. The van der Waals surface area contributed by atoms with Crippen molar-refractivity contribution in [2.45, 2.75) is 12.8 Å². The molecule has 1 fully saturated rings. The molecule has 1 saturated heterocycles. The van der Waals surface area contributed by atoms with Crippen molar-refractivity contribution in [2.24, 2.45) is 5.41 Å². The normalized spacial score (nSPS) is 19.6. The van der Waals surface area contributed by atoms with E-state index in [2.05, 4.69) is 11.9 Å². The van der Waals surface area contributed by atoms with Crippen LogP contribution in [0.5, 0.6) is 0 Å². The van der Waals surface area contributed by atoms with E-state index >= 15 is 0 Å². The Labute approximate surface area is 102 Å². The van der Waals surface area contributed by atoms with Gasteiger partial charge in [-0.1, -0.05) is 6.58 Å². The fraction of sp³-hybridized carbons (Fsp3) is 0.727. The van der Waals surface area contributed by atoms with Crippen LogP contribution in [0.15, 0.2) is 12.7 Å². The van der Waals surface area contributed by atoms with Crippen molar-refractivity contribution in [1.29, 1.82) is 0 Å². The Hall–Kier alpha value is -0.880. The van der Waals surface area contributed by atoms with E-state index in [1.807, 2.05) is 0 Å². The van der Waals surface area contributed by atoms with Gasteiger partial charge in [-0.05, 0) is 18.9 Å². The van der Waals surface area contributed by atoms with Gasteiger partial charge in [0, 0.05) is 31.4 Å². The van der Waals surface area contributed by atoms with Crippen molar-refractivity contribution in [3.05, 3.63) is 12.7 Å². The van der Waals surface area contributed by atoms with E-state index in [0.29, 0.717) is 32.6 Å². The SMILES string of the molecule is C=CC(=O)NCC1(CS(C)(=O)=O)CCOCC1. The van der Waals surface area contributed by atoms with E-state index in [-0.39, 0.29) is 11.7 Å². The first kappa shape index (κ1) is 14.2. The second-order valence-electron chi connectivity index (χ2n) is 4.60. The standard InChI is InChI=1S/C11H19NO4S/c1-3-10(13)12-8-11(9-17(2,14)15)4-6-16-7-5-11/h3H,1,4-9H2,2H3,(H,12,13). The predicted octanol–water partition coefficient (Wildman–Crippen LogP) is 0.130. The average molecular weight is 261 g/mol. The zero-order valence-electron chi connectivity index (χ0n) is 10.1. The Balaban J connectivity index is 2.71. The molecular formula is C11H19NO4S. The van der Waals surface area contributed by atoms with Gasteiger partial charge in [0.15, 0.2) is 0 Å². The largest absolute Gasteiger partial charge is 0.381 e. The molecule has 0 aliphatic carbocycles. The highest BCUT2D eigenvalue weighted by atomic mass is 32.2. The second kappa shape index (κ2) is 5.64. The molecule has 0 spiro atoms. The fourth-order valence-electron chi connectivity index (χ4n) is 2.08. The molecule has 0 radical (unpaired) electrons. The molecule has 0 unspecified atom stereocenters. The quantitative estimate of drug-likeness (QED) is 0.714. The van der Waals surface area contributed by atoms with Crippen LogP contribution in [-0.4, -0.2) is 46.1 Å². The summed E-state index contributed by atoms with van der Waals surface area (Å²) in [6, 6.07) is 0. The zero-order chi connectivity index (χ0) is 12.9. The van der Waals surface area contributed by atoms with Gasteiger partial charge in [0.25, 0.3) is 0 Å². The topological polar surface area (TPSA) is 72.5 Å². The van der Waals surface area contributed by atoms with Crippen molar-refractivity contribution in [3.63, 3.8) is 0 Å². The highest BCUT2D eigenvalue weighted by Crippen LogP contribution is 2.31. The summed E-state index contributed by atoms with van der Waals surface area (Å²) in [6.45, 7) is 4.80. The van der Waals surface area contributed by atoms with Crippen LogP contribution < -0.4 is 5.32 Å². The minimum atomic E-state index is -3.07. The Morgan fingerprint density at radius 2 is 2.06 bits per heavy atom. The molecule has 1 aliphatic rings. The Morgan fingerprint density at radius 3 is 2.53 bits per heavy atom. The summed E-state index contributed by atoms with van der Waals surface area (Å²) in [7, 11) is -3.07. The van der Waals surface area contributed by atoms with E-state index in [0.717, 1.165) is 0 Å². The van der Waals surface area contributed by atoms with Gasteiger partial charge in [-0.2, -0.15) is 0 Å². The van der Waals surface area contributed by atoms with Gasteiger partial charge in [-0.3, -0.25) is 4.79 Å². The van der Waals surface area contributed by atoms with Crippen molar-refractivity contribution in [3.8, 4) is 0 Å². The van der Waals surface area contributed by atoms with Crippen LogP contribution in [0, 0.1) is 5.41 Å². The van der Waals surface area contributed by atoms with E-state index in [4.69, 9.17) is 4.74 Å². The number of rotatable bonds is 5. The van der Waals surface area contributed by atoms with Gasteiger partial charge in [-0.15, -0.1) is 0 Å². The van der Waals surface area contributed by atoms with E-state index in [9.17, 15) is 13.2 Å². The highest BCUT2D eigenvalue weighted by Gasteiger charge is 2.36. The summed E-state index contributed by atoms with van der Waals surface area (Å²) in [6.07, 6.45) is 3.71. The Kier molecular flexibility index (Phi) is 4.70. The van der Waals surface area contributed by atoms with Crippen LogP contribution in [0.2, 0.25) is 0 Å². The molecule has 0 aromatic heterocycles. The molecule has 6 heteroatoms. The first-order valence-corrected chi connectivity index (χ1v) is 7.59. The number of hydrogen-bond donors (Lipinski definition) is 1. The number of amides is 1. The van der Waals surface area contributed by atoms with Crippen molar-refractivity contribution < 1.29 is 17.9 Å². The fourth-order valence-corrected chi connectivity index (χ4v) is 3.58. The Morgan fingerprint density at radius 1 is 1.47 bits per heavy atom. The number of ether oxygens (including phenoxy) is 1. The lowest BCUT2D eigenvalue weighted by atomic mass is 9.82. The summed E-state index contributed by atoms with van der Waals surface area (Å²) in [5.74, 6) is -0.190. The third-order valence-electron chi connectivity index (χ3n) is 2.94. The maximum Gasteiger partial charge on any atom is 0.243 e. The molecule has 0 saturated carbocycles. The molecule has 5 nitrogen and oxygen atoms in total. The summed E-state index contributed by atoms with van der Waals surface area (Å²) < 4.78 is 28.1. The summed E-state index contributed by atoms with van der Waals surface area (Å²) >= 11 is 0. The molecule has 0 bridgehead atoms. The summed E-state index contributed by atoms with van der Waals surface area (Å²) in [5.41, 5.74) is -0.398. The van der Waals surface area contributed by atoms with Crippen LogP contribution in [0.1, 0.15) is 12.8 Å². The third-order valence-corrected chi connectivity index (χ3v) is 4.08. The number of hydrogen-bond acceptors (Lipinski definition) is 4. The first-order chi connectivity index (χ1) is 7.87. The number of nitrogens with one attached hydrogen (secondary N) is 1. The third kappa shape index (κ3) is 4.87. The smallest absolute Gasteiger partial charge is 0.243 e. The minimum Gasteiger partial charge on any atom is -0.381 e. The molecule has 1 amide bonds. The van der Waals surface area contributed by atoms with Gasteiger partial charge in [-0.25, -0.2) is 8.42 Å². The highest BCUT2D eigenvalue weighted by molar-refractivity contribution is 7.90. The van der Waals surface area contributed by atoms with Crippen LogP contribution in [0.25, 0.3) is 0 Å². The van der Waals surface area contributed by atoms with E-state index in [1.54, 1.807) is 0 Å². The van der Waals surface area contributed by atoms with Gasteiger partial charge in [0.2, 0.25) is 5.91 Å².